The van der Waals surface area contributed by atoms with Gasteiger partial charge in [0.2, 0.25) is 0 Å². The van der Waals surface area contributed by atoms with Crippen LogP contribution < -0.4 is 21.3 Å². The highest BCUT2D eigenvalue weighted by Crippen LogP contribution is 2.18. The van der Waals surface area contributed by atoms with Gasteiger partial charge in [-0.25, -0.2) is 23.4 Å². The fourth-order valence-electron chi connectivity index (χ4n) is 2.36. The van der Waals surface area contributed by atoms with Crippen molar-refractivity contribution in [1.82, 2.24) is 29.9 Å². The molecule has 10 nitrogen and oxygen atoms in total. The van der Waals surface area contributed by atoms with Gasteiger partial charge in [0.05, 0.1) is 18.1 Å². The molecule has 0 fully saturated rings. The van der Waals surface area contributed by atoms with Crippen LogP contribution in [0.3, 0.4) is 0 Å². The summed E-state index contributed by atoms with van der Waals surface area (Å²) in [5, 5.41) is 10.1. The molecule has 176 valence electrons. The van der Waals surface area contributed by atoms with E-state index in [0.717, 1.165) is 0 Å². The smallest absolute Gasteiger partial charge is 0.167 e. The molecule has 4 aromatic heterocycles. The van der Waals surface area contributed by atoms with E-state index in [0.29, 0.717) is 33.4 Å². The van der Waals surface area contributed by atoms with Crippen molar-refractivity contribution in [1.29, 1.82) is 0 Å². The normalized spacial score (nSPS) is 9.91. The molecule has 0 saturated carbocycles. The van der Waals surface area contributed by atoms with Gasteiger partial charge < -0.3 is 21.3 Å². The summed E-state index contributed by atoms with van der Waals surface area (Å²) in [4.78, 5) is 11.1. The van der Waals surface area contributed by atoms with Crippen LogP contribution in [0.4, 0.5) is 32.1 Å². The van der Waals surface area contributed by atoms with Crippen molar-refractivity contribution in [2.75, 3.05) is 49.5 Å². The quantitative estimate of drug-likeness (QED) is 0.374. The van der Waals surface area contributed by atoms with Crippen LogP contribution in [0.5, 0.6) is 0 Å². The molecule has 33 heavy (non-hydrogen) atoms. The lowest BCUT2D eigenvalue weighted by atomic mass is 10.4. The molecule has 5 N–H and O–H groups in total. The molecule has 13 heteroatoms. The van der Waals surface area contributed by atoms with E-state index in [9.17, 15) is 8.78 Å². The number of aromatic nitrogens is 6. The van der Waals surface area contributed by atoms with Gasteiger partial charge in [0, 0.05) is 57.2 Å². The third kappa shape index (κ3) is 7.71. The molecular weight excluding hydrogens is 498 g/mol. The second-order valence-electron chi connectivity index (χ2n) is 6.94. The maximum absolute atomic E-state index is 13.6. The number of nitrogens with zero attached hydrogens (tertiary/aromatic N) is 7. The van der Waals surface area contributed by atoms with Gasteiger partial charge in [-0.2, -0.15) is 10.2 Å². The summed E-state index contributed by atoms with van der Waals surface area (Å²) in [7, 11) is 6.96. The number of aromatic amines is 1. The van der Waals surface area contributed by atoms with Crippen molar-refractivity contribution < 1.29 is 8.78 Å². The summed E-state index contributed by atoms with van der Waals surface area (Å²) >= 11 is 3.12. The average Bonchev–Trinajstić information content (AvgIpc) is 3.39. The van der Waals surface area contributed by atoms with E-state index in [1.807, 2.05) is 0 Å². The van der Waals surface area contributed by atoms with Crippen molar-refractivity contribution in [3.63, 3.8) is 0 Å². The number of rotatable bonds is 3. The molecule has 0 aliphatic rings. The largest absolute Gasteiger partial charge is 0.384 e. The van der Waals surface area contributed by atoms with Gasteiger partial charge >= 0.3 is 0 Å². The van der Waals surface area contributed by atoms with Crippen LogP contribution in [-0.4, -0.2) is 58.1 Å². The van der Waals surface area contributed by atoms with Crippen LogP contribution in [0.1, 0.15) is 0 Å². The number of nitrogens with two attached hydrogens (primary N) is 2. The highest BCUT2D eigenvalue weighted by atomic mass is 79.9. The molecule has 4 heterocycles. The standard InChI is InChI=1S/C10H12FN5.C7H8BrFN2.C3H5N3/c1-15(2)10-8(11)5-7(6-13-10)16-4-3-9(12)14-16;1-11(2)7-6(9)3-5(8)4-10-7;4-3-1-2-5-6-3/h3-6H,1-2H3,(H2,12,14);3-4H,1-2H3;1-2H,(H3,4,5,6). The lowest BCUT2D eigenvalue weighted by Gasteiger charge is -2.12. The van der Waals surface area contributed by atoms with E-state index in [-0.39, 0.29) is 5.82 Å². The van der Waals surface area contributed by atoms with Crippen LogP contribution in [0.2, 0.25) is 0 Å². The lowest BCUT2D eigenvalue weighted by molar-refractivity contribution is 0.616. The minimum Gasteiger partial charge on any atom is -0.384 e. The monoisotopic (exact) mass is 522 g/mol. The van der Waals surface area contributed by atoms with Crippen LogP contribution >= 0.6 is 15.9 Å². The Morgan fingerprint density at radius 3 is 1.94 bits per heavy atom. The van der Waals surface area contributed by atoms with Crippen LogP contribution in [0.25, 0.3) is 5.69 Å². The minimum absolute atomic E-state index is 0.295. The Morgan fingerprint density at radius 2 is 1.55 bits per heavy atom. The van der Waals surface area contributed by atoms with Gasteiger partial charge in [-0.3, -0.25) is 5.10 Å². The van der Waals surface area contributed by atoms with Crippen molar-refractivity contribution in [3.8, 4) is 5.69 Å². The van der Waals surface area contributed by atoms with Crippen molar-refractivity contribution in [2.45, 2.75) is 0 Å². The average molecular weight is 523 g/mol. The van der Waals surface area contributed by atoms with Gasteiger partial charge in [-0.05, 0) is 28.1 Å². The first-order valence-electron chi connectivity index (χ1n) is 9.46. The predicted octanol–water partition coefficient (Wildman–Crippen LogP) is 3.10. The van der Waals surface area contributed by atoms with E-state index < -0.39 is 5.82 Å². The molecule has 0 bridgehead atoms. The Hall–Kier alpha value is -3.74. The van der Waals surface area contributed by atoms with E-state index >= 15 is 0 Å². The Balaban J connectivity index is 0.000000195. The minimum atomic E-state index is -0.392. The molecule has 4 rings (SSSR count). The Kier molecular flexibility index (Phi) is 9.09. The molecule has 0 amide bonds. The number of anilines is 4. The second kappa shape index (κ2) is 11.8. The van der Waals surface area contributed by atoms with Gasteiger partial charge in [-0.1, -0.05) is 0 Å². The number of hydrogen-bond acceptors (Lipinski definition) is 8. The van der Waals surface area contributed by atoms with Crippen LogP contribution in [0, 0.1) is 11.6 Å². The van der Waals surface area contributed by atoms with E-state index in [1.165, 1.54) is 16.8 Å². The molecular formula is C20H25BrF2N10. The number of pyridine rings is 2. The van der Waals surface area contributed by atoms with Crippen molar-refractivity contribution in [2.24, 2.45) is 0 Å². The predicted molar refractivity (Wildman–Crippen MR) is 129 cm³/mol. The summed E-state index contributed by atoms with van der Waals surface area (Å²) in [6, 6.07) is 6.09. The van der Waals surface area contributed by atoms with Gasteiger partial charge in [0.15, 0.2) is 23.3 Å². The van der Waals surface area contributed by atoms with Crippen LogP contribution in [0.15, 0.2) is 53.5 Å². The molecule has 0 aromatic carbocycles. The zero-order chi connectivity index (χ0) is 24.5. The summed E-state index contributed by atoms with van der Waals surface area (Å²) in [6.45, 7) is 0. The fourth-order valence-corrected chi connectivity index (χ4v) is 2.66. The summed E-state index contributed by atoms with van der Waals surface area (Å²) in [5.74, 6) is 0.935. The Labute approximate surface area is 198 Å². The first kappa shape index (κ1) is 25.5. The Bertz CT molecular complexity index is 1150. The molecule has 0 unspecified atom stereocenters. The Morgan fingerprint density at radius 1 is 0.939 bits per heavy atom. The number of nitrogens with one attached hydrogen (secondary N) is 1. The maximum Gasteiger partial charge on any atom is 0.167 e. The van der Waals surface area contributed by atoms with E-state index in [1.54, 1.807) is 74.9 Å². The van der Waals surface area contributed by atoms with Crippen molar-refractivity contribution >= 4 is 39.2 Å². The molecule has 0 aliphatic carbocycles. The fraction of sp³-hybridized carbons (Fsp3) is 0.200. The molecule has 0 spiro atoms. The third-order valence-electron chi connectivity index (χ3n) is 3.84. The maximum atomic E-state index is 13.6. The second-order valence-corrected chi connectivity index (χ2v) is 7.86. The third-order valence-corrected chi connectivity index (χ3v) is 4.27. The van der Waals surface area contributed by atoms with Crippen LogP contribution in [-0.2, 0) is 0 Å². The molecule has 0 radical (unpaired) electrons. The molecule has 0 saturated heterocycles. The summed E-state index contributed by atoms with van der Waals surface area (Å²) < 4.78 is 28.7. The first-order valence-corrected chi connectivity index (χ1v) is 10.3. The SMILES string of the molecule is CN(C)c1ncc(-n2ccc(N)n2)cc1F.CN(C)c1ncc(Br)cc1F.Nc1ccn[nH]1. The van der Waals surface area contributed by atoms with E-state index in [2.05, 4.69) is 41.2 Å². The van der Waals surface area contributed by atoms with Crippen molar-refractivity contribution in [3.05, 3.63) is 65.2 Å². The number of hydrogen-bond donors (Lipinski definition) is 3. The van der Waals surface area contributed by atoms with Gasteiger partial charge in [0.1, 0.15) is 11.6 Å². The number of halogens is 3. The highest BCUT2D eigenvalue weighted by Gasteiger charge is 2.08. The number of nitrogen functional groups attached to an aromatic ring is 2. The topological polar surface area (TPSA) is 131 Å². The molecule has 0 atom stereocenters. The lowest BCUT2D eigenvalue weighted by Crippen LogP contribution is -2.13. The van der Waals surface area contributed by atoms with Gasteiger partial charge in [-0.15, -0.1) is 0 Å². The zero-order valence-electron chi connectivity index (χ0n) is 18.5. The summed E-state index contributed by atoms with van der Waals surface area (Å²) in [6.07, 6.45) is 6.37. The first-order chi connectivity index (χ1) is 15.6. The number of H-pyrrole nitrogens is 1. The zero-order valence-corrected chi connectivity index (χ0v) is 20.1. The highest BCUT2D eigenvalue weighted by molar-refractivity contribution is 9.10. The molecule has 0 aliphatic heterocycles. The summed E-state index contributed by atoms with van der Waals surface area (Å²) in [5.41, 5.74) is 11.2. The van der Waals surface area contributed by atoms with Gasteiger partial charge in [0.25, 0.3) is 0 Å². The molecule has 4 aromatic rings. The van der Waals surface area contributed by atoms with E-state index in [4.69, 9.17) is 11.5 Å².